The number of ether oxygens (including phenoxy) is 1. The molecule has 3 N–H and O–H groups in total. The van der Waals surface area contributed by atoms with Crippen LogP contribution in [0.25, 0.3) is 0 Å². The highest BCUT2D eigenvalue weighted by Gasteiger charge is 2.20. The van der Waals surface area contributed by atoms with Crippen LogP contribution in [0.3, 0.4) is 0 Å². The first-order chi connectivity index (χ1) is 8.34. The summed E-state index contributed by atoms with van der Waals surface area (Å²) in [5.74, 6) is 0.863. The molecule has 94 valence electrons. The number of hydrogen-bond acceptors (Lipinski definition) is 4. The Labute approximate surface area is 103 Å². The molecule has 17 heavy (non-hydrogen) atoms. The average molecular weight is 235 g/mol. The lowest BCUT2D eigenvalue weighted by atomic mass is 10.3. The lowest BCUT2D eigenvalue weighted by Crippen LogP contribution is -2.17. The van der Waals surface area contributed by atoms with Crippen molar-refractivity contribution in [2.45, 2.75) is 25.8 Å². The predicted molar refractivity (Wildman–Crippen MR) is 68.5 cm³/mol. The van der Waals surface area contributed by atoms with E-state index in [-0.39, 0.29) is 0 Å². The fourth-order valence-corrected chi connectivity index (χ4v) is 1.59. The number of pyridine rings is 1. The Morgan fingerprint density at radius 1 is 1.41 bits per heavy atom. The summed E-state index contributed by atoms with van der Waals surface area (Å²) in [7, 11) is 0. The lowest BCUT2D eigenvalue weighted by molar-refractivity contribution is 0.122. The third-order valence-corrected chi connectivity index (χ3v) is 2.85. The molecule has 0 radical (unpaired) electrons. The van der Waals surface area contributed by atoms with Gasteiger partial charge in [-0.3, -0.25) is 4.98 Å². The van der Waals surface area contributed by atoms with Gasteiger partial charge < -0.3 is 15.8 Å². The van der Waals surface area contributed by atoms with E-state index in [1.165, 1.54) is 12.8 Å². The molecule has 1 saturated carbocycles. The molecule has 1 aliphatic carbocycles. The molecule has 4 nitrogen and oxygen atoms in total. The van der Waals surface area contributed by atoms with E-state index in [1.807, 2.05) is 12.1 Å². The Hall–Kier alpha value is -1.13. The Bertz CT molecular complexity index is 322. The molecule has 1 aromatic rings. The molecular weight excluding hydrogens is 214 g/mol. The molecule has 4 heteroatoms. The quantitative estimate of drug-likeness (QED) is 0.671. The van der Waals surface area contributed by atoms with E-state index in [0.29, 0.717) is 5.69 Å². The predicted octanol–water partition coefficient (Wildman–Crippen LogP) is 1.57. The lowest BCUT2D eigenvalue weighted by Gasteiger charge is -2.05. The Morgan fingerprint density at radius 3 is 3.00 bits per heavy atom. The highest BCUT2D eigenvalue weighted by Crippen LogP contribution is 2.28. The summed E-state index contributed by atoms with van der Waals surface area (Å²) in [6.07, 6.45) is 5.47. The number of nitrogens with two attached hydrogens (primary N) is 1. The Kier molecular flexibility index (Phi) is 4.76. The molecule has 0 spiro atoms. The molecule has 1 heterocycles. The van der Waals surface area contributed by atoms with Crippen molar-refractivity contribution in [2.24, 2.45) is 5.92 Å². The van der Waals surface area contributed by atoms with E-state index < -0.39 is 0 Å². The first-order valence-corrected chi connectivity index (χ1v) is 6.33. The fourth-order valence-electron chi connectivity index (χ4n) is 1.59. The minimum atomic E-state index is 0.710. The van der Waals surface area contributed by atoms with Crippen molar-refractivity contribution >= 4 is 5.69 Å². The van der Waals surface area contributed by atoms with E-state index >= 15 is 0 Å². The largest absolute Gasteiger partial charge is 0.397 e. The maximum Gasteiger partial charge on any atom is 0.0543 e. The van der Waals surface area contributed by atoms with Gasteiger partial charge in [-0.15, -0.1) is 0 Å². The normalized spacial score (nSPS) is 15.1. The monoisotopic (exact) mass is 235 g/mol. The standard InChI is InChI=1S/C13H21N3O/c14-12-4-5-13(16-8-12)9-15-6-1-7-17-10-11-2-3-11/h4-5,8,11,15H,1-3,6-7,9-10,14H2. The van der Waals surface area contributed by atoms with Crippen LogP contribution in [0, 0.1) is 5.92 Å². The molecule has 0 aliphatic heterocycles. The molecule has 0 aromatic carbocycles. The molecule has 0 amide bonds. The van der Waals surface area contributed by atoms with E-state index in [4.69, 9.17) is 10.5 Å². The van der Waals surface area contributed by atoms with Crippen LogP contribution in [-0.4, -0.2) is 24.7 Å². The molecule has 1 aromatic heterocycles. The van der Waals surface area contributed by atoms with Crippen LogP contribution in [0.5, 0.6) is 0 Å². The van der Waals surface area contributed by atoms with Crippen LogP contribution >= 0.6 is 0 Å². The zero-order chi connectivity index (χ0) is 11.9. The number of nitrogens with one attached hydrogen (secondary N) is 1. The van der Waals surface area contributed by atoms with Gasteiger partial charge in [0.1, 0.15) is 0 Å². The van der Waals surface area contributed by atoms with E-state index in [2.05, 4.69) is 10.3 Å². The minimum absolute atomic E-state index is 0.710. The third kappa shape index (κ3) is 5.15. The number of nitrogen functional groups attached to an aromatic ring is 1. The van der Waals surface area contributed by atoms with Gasteiger partial charge in [0, 0.05) is 19.8 Å². The van der Waals surface area contributed by atoms with Crippen LogP contribution in [0.1, 0.15) is 25.0 Å². The fraction of sp³-hybridized carbons (Fsp3) is 0.615. The van der Waals surface area contributed by atoms with Crippen molar-refractivity contribution in [1.82, 2.24) is 10.3 Å². The van der Waals surface area contributed by atoms with Gasteiger partial charge in [0.15, 0.2) is 0 Å². The first kappa shape index (κ1) is 12.3. The van der Waals surface area contributed by atoms with Crippen molar-refractivity contribution in [3.8, 4) is 0 Å². The van der Waals surface area contributed by atoms with Gasteiger partial charge >= 0.3 is 0 Å². The number of hydrogen-bond donors (Lipinski definition) is 2. The molecular formula is C13H21N3O. The number of nitrogens with zero attached hydrogens (tertiary/aromatic N) is 1. The van der Waals surface area contributed by atoms with Gasteiger partial charge in [0.25, 0.3) is 0 Å². The summed E-state index contributed by atoms with van der Waals surface area (Å²) in [5, 5.41) is 3.34. The van der Waals surface area contributed by atoms with Crippen molar-refractivity contribution in [3.63, 3.8) is 0 Å². The van der Waals surface area contributed by atoms with E-state index in [1.54, 1.807) is 6.20 Å². The van der Waals surface area contributed by atoms with Crippen LogP contribution < -0.4 is 11.1 Å². The Morgan fingerprint density at radius 2 is 2.29 bits per heavy atom. The van der Waals surface area contributed by atoms with Crippen LogP contribution in [0.4, 0.5) is 5.69 Å². The maximum absolute atomic E-state index is 5.57. The highest BCUT2D eigenvalue weighted by atomic mass is 16.5. The topological polar surface area (TPSA) is 60.2 Å². The second-order valence-corrected chi connectivity index (χ2v) is 4.63. The average Bonchev–Trinajstić information content (AvgIpc) is 3.14. The summed E-state index contributed by atoms with van der Waals surface area (Å²) in [6, 6.07) is 3.83. The molecule has 0 saturated heterocycles. The van der Waals surface area contributed by atoms with Gasteiger partial charge in [-0.25, -0.2) is 0 Å². The summed E-state index contributed by atoms with van der Waals surface area (Å²) in [4.78, 5) is 4.22. The summed E-state index contributed by atoms with van der Waals surface area (Å²) >= 11 is 0. The molecule has 0 bridgehead atoms. The maximum atomic E-state index is 5.57. The van der Waals surface area contributed by atoms with Crippen LogP contribution in [0.15, 0.2) is 18.3 Å². The molecule has 0 unspecified atom stereocenters. The van der Waals surface area contributed by atoms with Gasteiger partial charge in [0.2, 0.25) is 0 Å². The Balaban J connectivity index is 1.46. The number of aromatic nitrogens is 1. The summed E-state index contributed by atoms with van der Waals surface area (Å²) in [5.41, 5.74) is 7.30. The van der Waals surface area contributed by atoms with Crippen molar-refractivity contribution < 1.29 is 4.74 Å². The molecule has 1 fully saturated rings. The molecule has 2 rings (SSSR count). The van der Waals surface area contributed by atoms with Crippen molar-refractivity contribution in [1.29, 1.82) is 0 Å². The molecule has 0 atom stereocenters. The van der Waals surface area contributed by atoms with Gasteiger partial charge in [-0.1, -0.05) is 0 Å². The van der Waals surface area contributed by atoms with Crippen molar-refractivity contribution in [2.75, 3.05) is 25.5 Å². The van der Waals surface area contributed by atoms with Crippen LogP contribution in [0.2, 0.25) is 0 Å². The van der Waals surface area contributed by atoms with Crippen LogP contribution in [-0.2, 0) is 11.3 Å². The number of anilines is 1. The third-order valence-electron chi connectivity index (χ3n) is 2.85. The second kappa shape index (κ2) is 6.57. The van der Waals surface area contributed by atoms with Gasteiger partial charge in [-0.05, 0) is 43.9 Å². The zero-order valence-corrected chi connectivity index (χ0v) is 10.2. The summed E-state index contributed by atoms with van der Waals surface area (Å²) in [6.45, 7) is 3.58. The zero-order valence-electron chi connectivity index (χ0n) is 10.2. The second-order valence-electron chi connectivity index (χ2n) is 4.63. The SMILES string of the molecule is Nc1ccc(CNCCCOCC2CC2)nc1. The highest BCUT2D eigenvalue weighted by molar-refractivity contribution is 5.34. The van der Waals surface area contributed by atoms with Gasteiger partial charge in [-0.2, -0.15) is 0 Å². The minimum Gasteiger partial charge on any atom is -0.397 e. The smallest absolute Gasteiger partial charge is 0.0543 e. The number of rotatable bonds is 8. The van der Waals surface area contributed by atoms with Crippen molar-refractivity contribution in [3.05, 3.63) is 24.0 Å². The van der Waals surface area contributed by atoms with E-state index in [9.17, 15) is 0 Å². The first-order valence-electron chi connectivity index (χ1n) is 6.33. The van der Waals surface area contributed by atoms with E-state index in [0.717, 1.165) is 44.3 Å². The molecule has 1 aliphatic rings. The summed E-state index contributed by atoms with van der Waals surface area (Å²) < 4.78 is 5.55. The van der Waals surface area contributed by atoms with Gasteiger partial charge in [0.05, 0.1) is 17.6 Å².